The highest BCUT2D eigenvalue weighted by molar-refractivity contribution is 5.57. The molecule has 0 fully saturated rings. The van der Waals surface area contributed by atoms with E-state index >= 15 is 0 Å². The Morgan fingerprint density at radius 3 is 2.54 bits per heavy atom. The van der Waals surface area contributed by atoms with Gasteiger partial charge in [0.25, 0.3) is 0 Å². The van der Waals surface area contributed by atoms with Gasteiger partial charge in [-0.3, -0.25) is 0 Å². The van der Waals surface area contributed by atoms with E-state index in [1.807, 2.05) is 38.1 Å². The normalized spacial score (nSPS) is 10.6. The fraction of sp³-hybridized carbons (Fsp3) is 0.200. The van der Waals surface area contributed by atoms with Crippen LogP contribution in [0.2, 0.25) is 0 Å². The molecule has 0 aliphatic rings. The zero-order chi connectivity index (χ0) is 18.4. The molecular formula is C20H21FN4O. The molecular weight excluding hydrogens is 331 g/mol. The number of benzene rings is 2. The summed E-state index contributed by atoms with van der Waals surface area (Å²) in [6.45, 7) is 4.29. The molecule has 0 aliphatic carbocycles. The van der Waals surface area contributed by atoms with Crippen molar-refractivity contribution in [2.45, 2.75) is 26.5 Å². The molecule has 0 saturated carbocycles. The van der Waals surface area contributed by atoms with Crippen LogP contribution < -0.4 is 15.4 Å². The topological polar surface area (TPSA) is 59.1 Å². The lowest BCUT2D eigenvalue weighted by Crippen LogP contribution is -2.06. The molecule has 0 amide bonds. The van der Waals surface area contributed by atoms with Gasteiger partial charge in [-0.2, -0.15) is 4.98 Å². The van der Waals surface area contributed by atoms with Gasteiger partial charge in [-0.1, -0.05) is 18.2 Å². The van der Waals surface area contributed by atoms with Crippen LogP contribution in [-0.4, -0.2) is 16.1 Å². The van der Waals surface area contributed by atoms with E-state index < -0.39 is 0 Å². The maximum absolute atomic E-state index is 13.7. The summed E-state index contributed by atoms with van der Waals surface area (Å²) in [5.41, 5.74) is 1.45. The van der Waals surface area contributed by atoms with E-state index in [4.69, 9.17) is 4.74 Å². The SMILES string of the molecule is CC(C)Oc1ccc(Nc2ccnc(NCc3ccccc3F)n2)cc1. The van der Waals surface area contributed by atoms with Gasteiger partial charge in [0, 0.05) is 24.0 Å². The largest absolute Gasteiger partial charge is 0.491 e. The second kappa shape index (κ2) is 8.29. The zero-order valence-electron chi connectivity index (χ0n) is 14.7. The van der Waals surface area contributed by atoms with Gasteiger partial charge in [0.2, 0.25) is 5.95 Å². The van der Waals surface area contributed by atoms with Crippen LogP contribution in [0.15, 0.2) is 60.8 Å². The third kappa shape index (κ3) is 4.92. The van der Waals surface area contributed by atoms with Crippen molar-refractivity contribution in [3.8, 4) is 5.75 Å². The minimum atomic E-state index is -0.252. The van der Waals surface area contributed by atoms with Crippen molar-refractivity contribution in [1.82, 2.24) is 9.97 Å². The molecule has 3 aromatic rings. The summed E-state index contributed by atoms with van der Waals surface area (Å²) >= 11 is 0. The highest BCUT2D eigenvalue weighted by Gasteiger charge is 2.04. The molecule has 0 bridgehead atoms. The minimum Gasteiger partial charge on any atom is -0.491 e. The Kier molecular flexibility index (Phi) is 5.63. The van der Waals surface area contributed by atoms with Gasteiger partial charge in [0.15, 0.2) is 0 Å². The Bertz CT molecular complexity index is 852. The highest BCUT2D eigenvalue weighted by Crippen LogP contribution is 2.20. The Morgan fingerprint density at radius 2 is 1.81 bits per heavy atom. The number of ether oxygens (including phenoxy) is 1. The number of nitrogens with one attached hydrogen (secondary N) is 2. The summed E-state index contributed by atoms with van der Waals surface area (Å²) < 4.78 is 19.3. The number of hydrogen-bond acceptors (Lipinski definition) is 5. The first-order valence-electron chi connectivity index (χ1n) is 8.44. The fourth-order valence-electron chi connectivity index (χ4n) is 2.37. The molecule has 2 aromatic carbocycles. The van der Waals surface area contributed by atoms with E-state index in [1.165, 1.54) is 6.07 Å². The summed E-state index contributed by atoms with van der Waals surface area (Å²) in [6, 6.07) is 16.0. The van der Waals surface area contributed by atoms with Crippen molar-refractivity contribution in [1.29, 1.82) is 0 Å². The molecule has 6 heteroatoms. The Labute approximate surface area is 152 Å². The molecule has 0 spiro atoms. The van der Waals surface area contributed by atoms with E-state index in [1.54, 1.807) is 30.5 Å². The third-order valence-electron chi connectivity index (χ3n) is 3.55. The van der Waals surface area contributed by atoms with E-state index in [2.05, 4.69) is 20.6 Å². The van der Waals surface area contributed by atoms with Gasteiger partial charge in [-0.25, -0.2) is 9.37 Å². The summed E-state index contributed by atoms with van der Waals surface area (Å²) in [7, 11) is 0. The average Bonchev–Trinajstić information content (AvgIpc) is 2.63. The number of nitrogens with zero attached hydrogens (tertiary/aromatic N) is 2. The molecule has 134 valence electrons. The Hall–Kier alpha value is -3.15. The van der Waals surface area contributed by atoms with Crippen molar-refractivity contribution in [3.05, 3.63) is 72.2 Å². The molecule has 1 aromatic heterocycles. The standard InChI is InChI=1S/C20H21FN4O/c1-14(2)26-17-9-7-16(8-10-17)24-19-11-12-22-20(25-19)23-13-15-5-3-4-6-18(15)21/h3-12,14H,13H2,1-2H3,(H2,22,23,24,25). The number of hydrogen-bond donors (Lipinski definition) is 2. The Morgan fingerprint density at radius 1 is 1.04 bits per heavy atom. The van der Waals surface area contributed by atoms with E-state index in [0.29, 0.717) is 23.9 Å². The molecule has 0 aliphatic heterocycles. The summed E-state index contributed by atoms with van der Waals surface area (Å²) in [6.07, 6.45) is 1.79. The molecule has 3 rings (SSSR count). The quantitative estimate of drug-likeness (QED) is 0.642. The predicted octanol–water partition coefficient (Wildman–Crippen LogP) is 4.76. The maximum atomic E-state index is 13.7. The van der Waals surface area contributed by atoms with Gasteiger partial charge in [0.1, 0.15) is 17.4 Å². The lowest BCUT2D eigenvalue weighted by molar-refractivity contribution is 0.242. The van der Waals surface area contributed by atoms with Crippen LogP contribution in [0.5, 0.6) is 5.75 Å². The first-order chi connectivity index (χ1) is 12.6. The van der Waals surface area contributed by atoms with Crippen LogP contribution in [0.25, 0.3) is 0 Å². The van der Waals surface area contributed by atoms with Crippen LogP contribution in [0.4, 0.5) is 21.8 Å². The van der Waals surface area contributed by atoms with Crippen LogP contribution in [0, 0.1) is 5.82 Å². The highest BCUT2D eigenvalue weighted by atomic mass is 19.1. The maximum Gasteiger partial charge on any atom is 0.224 e. The lowest BCUT2D eigenvalue weighted by Gasteiger charge is -2.11. The van der Waals surface area contributed by atoms with Crippen molar-refractivity contribution in [2.24, 2.45) is 0 Å². The number of halogens is 1. The van der Waals surface area contributed by atoms with Crippen molar-refractivity contribution in [2.75, 3.05) is 10.6 Å². The van der Waals surface area contributed by atoms with Gasteiger partial charge in [-0.05, 0) is 50.2 Å². The van der Waals surface area contributed by atoms with Crippen LogP contribution in [0.1, 0.15) is 19.4 Å². The number of rotatable bonds is 7. The van der Waals surface area contributed by atoms with Crippen molar-refractivity contribution >= 4 is 17.5 Å². The van der Waals surface area contributed by atoms with Crippen LogP contribution >= 0.6 is 0 Å². The predicted molar refractivity (Wildman–Crippen MR) is 101 cm³/mol. The summed E-state index contributed by atoms with van der Waals surface area (Å²) in [5, 5.41) is 6.25. The first kappa shape index (κ1) is 17.7. The summed E-state index contributed by atoms with van der Waals surface area (Å²) in [4.78, 5) is 8.56. The van der Waals surface area contributed by atoms with Crippen molar-refractivity contribution in [3.63, 3.8) is 0 Å². The van der Waals surface area contributed by atoms with E-state index in [9.17, 15) is 4.39 Å². The second-order valence-electron chi connectivity index (χ2n) is 6.03. The van der Waals surface area contributed by atoms with Gasteiger partial charge in [0.05, 0.1) is 6.10 Å². The third-order valence-corrected chi connectivity index (χ3v) is 3.55. The number of aromatic nitrogens is 2. The van der Waals surface area contributed by atoms with Gasteiger partial charge >= 0.3 is 0 Å². The first-order valence-corrected chi connectivity index (χ1v) is 8.44. The van der Waals surface area contributed by atoms with E-state index in [-0.39, 0.29) is 11.9 Å². The molecule has 2 N–H and O–H groups in total. The minimum absolute atomic E-state index is 0.138. The molecule has 5 nitrogen and oxygen atoms in total. The smallest absolute Gasteiger partial charge is 0.224 e. The monoisotopic (exact) mass is 352 g/mol. The van der Waals surface area contributed by atoms with Gasteiger partial charge in [-0.15, -0.1) is 0 Å². The molecule has 1 heterocycles. The van der Waals surface area contributed by atoms with Crippen LogP contribution in [0.3, 0.4) is 0 Å². The zero-order valence-corrected chi connectivity index (χ0v) is 14.7. The van der Waals surface area contributed by atoms with E-state index in [0.717, 1.165) is 11.4 Å². The van der Waals surface area contributed by atoms with Gasteiger partial charge < -0.3 is 15.4 Å². The molecule has 26 heavy (non-hydrogen) atoms. The second-order valence-corrected chi connectivity index (χ2v) is 6.03. The summed E-state index contributed by atoms with van der Waals surface area (Å²) in [5.74, 6) is 1.64. The fourth-order valence-corrected chi connectivity index (χ4v) is 2.37. The molecule has 0 radical (unpaired) electrons. The molecule has 0 saturated heterocycles. The average molecular weight is 352 g/mol. The Balaban J connectivity index is 1.63. The molecule has 0 unspecified atom stereocenters. The lowest BCUT2D eigenvalue weighted by atomic mass is 10.2. The van der Waals surface area contributed by atoms with Crippen LogP contribution in [-0.2, 0) is 6.54 Å². The molecule has 0 atom stereocenters. The number of anilines is 3. The van der Waals surface area contributed by atoms with Crippen molar-refractivity contribution < 1.29 is 9.13 Å².